The molecule has 76 valence electrons. The molecule has 0 atom stereocenters. The van der Waals surface area contributed by atoms with Crippen molar-refractivity contribution < 1.29 is 9.53 Å². The summed E-state index contributed by atoms with van der Waals surface area (Å²) in [4.78, 5) is 11.1. The molecular formula is C10H19NO2. The van der Waals surface area contributed by atoms with E-state index in [4.69, 9.17) is 4.74 Å². The average molecular weight is 185 g/mol. The van der Waals surface area contributed by atoms with Crippen molar-refractivity contribution in [3.63, 3.8) is 0 Å². The summed E-state index contributed by atoms with van der Waals surface area (Å²) in [5, 5.41) is 3.12. The molecule has 0 saturated heterocycles. The predicted molar refractivity (Wildman–Crippen MR) is 51.4 cm³/mol. The maximum Gasteiger partial charge on any atom is 0.319 e. The summed E-state index contributed by atoms with van der Waals surface area (Å²) in [6.45, 7) is 5.18. The molecule has 0 heterocycles. The molecule has 0 radical (unpaired) electrons. The SMILES string of the molecule is CC(C)CCOC(=O)CNC1CC1. The van der Waals surface area contributed by atoms with Gasteiger partial charge in [0.25, 0.3) is 0 Å². The Morgan fingerprint density at radius 3 is 2.77 bits per heavy atom. The second-order valence-corrected chi connectivity index (χ2v) is 4.06. The minimum absolute atomic E-state index is 0.118. The van der Waals surface area contributed by atoms with Crippen molar-refractivity contribution in [1.29, 1.82) is 0 Å². The molecule has 1 aliphatic carbocycles. The van der Waals surface area contributed by atoms with Gasteiger partial charge in [-0.2, -0.15) is 0 Å². The summed E-state index contributed by atoms with van der Waals surface area (Å²) in [5.74, 6) is 0.483. The van der Waals surface area contributed by atoms with Gasteiger partial charge in [0.2, 0.25) is 0 Å². The van der Waals surface area contributed by atoms with Gasteiger partial charge in [0.15, 0.2) is 0 Å². The van der Waals surface area contributed by atoms with Crippen LogP contribution in [0.4, 0.5) is 0 Å². The fourth-order valence-electron chi connectivity index (χ4n) is 0.975. The predicted octanol–water partition coefficient (Wildman–Crippen LogP) is 1.33. The van der Waals surface area contributed by atoms with Gasteiger partial charge in [0.05, 0.1) is 13.2 Å². The van der Waals surface area contributed by atoms with Gasteiger partial charge < -0.3 is 10.1 Å². The summed E-state index contributed by atoms with van der Waals surface area (Å²) in [5.41, 5.74) is 0. The Morgan fingerprint density at radius 2 is 2.23 bits per heavy atom. The smallest absolute Gasteiger partial charge is 0.319 e. The molecule has 13 heavy (non-hydrogen) atoms. The number of ether oxygens (including phenoxy) is 1. The number of carbonyl (C=O) groups excluding carboxylic acids is 1. The first-order valence-electron chi connectivity index (χ1n) is 5.07. The summed E-state index contributed by atoms with van der Waals surface area (Å²) < 4.78 is 5.03. The maximum absolute atomic E-state index is 11.1. The first-order chi connectivity index (χ1) is 6.18. The third-order valence-electron chi connectivity index (χ3n) is 2.07. The minimum atomic E-state index is -0.118. The van der Waals surface area contributed by atoms with Crippen LogP contribution in [0, 0.1) is 5.92 Å². The van der Waals surface area contributed by atoms with E-state index in [1.165, 1.54) is 12.8 Å². The lowest BCUT2D eigenvalue weighted by atomic mass is 10.1. The van der Waals surface area contributed by atoms with Gasteiger partial charge in [0, 0.05) is 6.04 Å². The summed E-state index contributed by atoms with van der Waals surface area (Å²) in [7, 11) is 0. The zero-order valence-electron chi connectivity index (χ0n) is 8.51. The largest absolute Gasteiger partial charge is 0.465 e. The molecular weight excluding hydrogens is 166 g/mol. The highest BCUT2D eigenvalue weighted by molar-refractivity contribution is 5.71. The van der Waals surface area contributed by atoms with Crippen LogP contribution in [0.3, 0.4) is 0 Å². The molecule has 0 aromatic heterocycles. The van der Waals surface area contributed by atoms with Gasteiger partial charge >= 0.3 is 5.97 Å². The number of nitrogens with one attached hydrogen (secondary N) is 1. The van der Waals surface area contributed by atoms with Crippen LogP contribution in [0.15, 0.2) is 0 Å². The quantitative estimate of drug-likeness (QED) is 0.634. The molecule has 1 aliphatic rings. The van der Waals surface area contributed by atoms with Crippen molar-refractivity contribution in [2.75, 3.05) is 13.2 Å². The average Bonchev–Trinajstić information content (AvgIpc) is 2.83. The van der Waals surface area contributed by atoms with Crippen LogP contribution in [0.25, 0.3) is 0 Å². The van der Waals surface area contributed by atoms with E-state index < -0.39 is 0 Å². The molecule has 1 saturated carbocycles. The van der Waals surface area contributed by atoms with Gasteiger partial charge in [-0.05, 0) is 25.2 Å². The lowest BCUT2D eigenvalue weighted by Crippen LogP contribution is -2.26. The molecule has 0 bridgehead atoms. The second kappa shape index (κ2) is 5.22. The monoisotopic (exact) mass is 185 g/mol. The number of esters is 1. The molecule has 0 unspecified atom stereocenters. The van der Waals surface area contributed by atoms with E-state index in [1.807, 2.05) is 0 Å². The summed E-state index contributed by atoms with van der Waals surface area (Å²) in [6.07, 6.45) is 3.37. The van der Waals surface area contributed by atoms with Crippen LogP contribution in [0.1, 0.15) is 33.1 Å². The van der Waals surface area contributed by atoms with Gasteiger partial charge in [-0.3, -0.25) is 4.79 Å². The highest BCUT2D eigenvalue weighted by Crippen LogP contribution is 2.17. The first-order valence-corrected chi connectivity index (χ1v) is 5.07. The Balaban J connectivity index is 1.90. The van der Waals surface area contributed by atoms with E-state index in [0.717, 1.165) is 6.42 Å². The van der Waals surface area contributed by atoms with E-state index in [2.05, 4.69) is 19.2 Å². The van der Waals surface area contributed by atoms with Crippen LogP contribution in [-0.4, -0.2) is 25.2 Å². The van der Waals surface area contributed by atoms with Gasteiger partial charge in [0.1, 0.15) is 0 Å². The Kier molecular flexibility index (Phi) is 4.22. The van der Waals surface area contributed by atoms with Crippen molar-refractivity contribution in [3.05, 3.63) is 0 Å². The normalized spacial score (nSPS) is 16.2. The van der Waals surface area contributed by atoms with E-state index in [9.17, 15) is 4.79 Å². The highest BCUT2D eigenvalue weighted by atomic mass is 16.5. The summed E-state index contributed by atoms with van der Waals surface area (Å²) >= 11 is 0. The van der Waals surface area contributed by atoms with Crippen molar-refractivity contribution in [3.8, 4) is 0 Å². The van der Waals surface area contributed by atoms with Crippen LogP contribution in [0.5, 0.6) is 0 Å². The van der Waals surface area contributed by atoms with Crippen LogP contribution >= 0.6 is 0 Å². The number of hydrogen-bond donors (Lipinski definition) is 1. The molecule has 0 aromatic rings. The fraction of sp³-hybridized carbons (Fsp3) is 0.900. The molecule has 0 aliphatic heterocycles. The second-order valence-electron chi connectivity index (χ2n) is 4.06. The van der Waals surface area contributed by atoms with Gasteiger partial charge in [-0.15, -0.1) is 0 Å². The van der Waals surface area contributed by atoms with Crippen molar-refractivity contribution in [2.24, 2.45) is 5.92 Å². The highest BCUT2D eigenvalue weighted by Gasteiger charge is 2.21. The zero-order chi connectivity index (χ0) is 9.68. The molecule has 1 N–H and O–H groups in total. The zero-order valence-corrected chi connectivity index (χ0v) is 8.51. The van der Waals surface area contributed by atoms with E-state index in [0.29, 0.717) is 25.1 Å². The maximum atomic E-state index is 11.1. The minimum Gasteiger partial charge on any atom is -0.465 e. The first kappa shape index (κ1) is 10.5. The molecule has 1 fully saturated rings. The molecule has 3 heteroatoms. The van der Waals surface area contributed by atoms with Crippen molar-refractivity contribution >= 4 is 5.97 Å². The van der Waals surface area contributed by atoms with Crippen LogP contribution in [0.2, 0.25) is 0 Å². The number of hydrogen-bond acceptors (Lipinski definition) is 3. The molecule has 3 nitrogen and oxygen atoms in total. The summed E-state index contributed by atoms with van der Waals surface area (Å²) in [6, 6.07) is 0.581. The third kappa shape index (κ3) is 5.64. The molecule has 0 aromatic carbocycles. The van der Waals surface area contributed by atoms with E-state index >= 15 is 0 Å². The van der Waals surface area contributed by atoms with Gasteiger partial charge in [-0.1, -0.05) is 13.8 Å². The standard InChI is InChI=1S/C10H19NO2/c1-8(2)5-6-13-10(12)7-11-9-3-4-9/h8-9,11H,3-7H2,1-2H3. The lowest BCUT2D eigenvalue weighted by molar-refractivity contribution is -0.142. The Labute approximate surface area is 79.8 Å². The van der Waals surface area contributed by atoms with Crippen LogP contribution < -0.4 is 5.32 Å². The Morgan fingerprint density at radius 1 is 1.54 bits per heavy atom. The number of rotatable bonds is 6. The molecule has 0 spiro atoms. The lowest BCUT2D eigenvalue weighted by Gasteiger charge is -2.06. The van der Waals surface area contributed by atoms with Crippen molar-refractivity contribution in [2.45, 2.75) is 39.2 Å². The third-order valence-corrected chi connectivity index (χ3v) is 2.07. The van der Waals surface area contributed by atoms with E-state index in [1.54, 1.807) is 0 Å². The fourth-order valence-corrected chi connectivity index (χ4v) is 0.975. The van der Waals surface area contributed by atoms with Crippen LogP contribution in [-0.2, 0) is 9.53 Å². The Bertz CT molecular complexity index is 164. The molecule has 0 amide bonds. The van der Waals surface area contributed by atoms with Gasteiger partial charge in [-0.25, -0.2) is 0 Å². The number of carbonyl (C=O) groups is 1. The Hall–Kier alpha value is -0.570. The topological polar surface area (TPSA) is 38.3 Å². The van der Waals surface area contributed by atoms with E-state index in [-0.39, 0.29) is 5.97 Å². The van der Waals surface area contributed by atoms with Crippen molar-refractivity contribution in [1.82, 2.24) is 5.32 Å². The molecule has 1 rings (SSSR count).